The van der Waals surface area contributed by atoms with Gasteiger partial charge in [-0.1, -0.05) is 12.1 Å². The van der Waals surface area contributed by atoms with Crippen molar-refractivity contribution in [3.63, 3.8) is 0 Å². The summed E-state index contributed by atoms with van der Waals surface area (Å²) in [4.78, 5) is 16.4. The lowest BCUT2D eigenvalue weighted by Gasteiger charge is -2.10. The van der Waals surface area contributed by atoms with Crippen LogP contribution in [0.4, 0.5) is 0 Å². The highest BCUT2D eigenvalue weighted by atomic mass is 16.5. The fraction of sp³-hybridized carbons (Fsp3) is 0.333. The average Bonchev–Trinajstić information content (AvgIpc) is 3.05. The SMILES string of the molecule is COc1ccc(CCNC(=O)CCc2ccc3oc(C)nc3c2)cc1OC. The maximum absolute atomic E-state index is 12.1. The van der Waals surface area contributed by atoms with Crippen molar-refractivity contribution in [1.82, 2.24) is 10.3 Å². The van der Waals surface area contributed by atoms with Crippen LogP contribution >= 0.6 is 0 Å². The largest absolute Gasteiger partial charge is 0.493 e. The Morgan fingerprint density at radius 1 is 1.04 bits per heavy atom. The molecule has 1 amide bonds. The highest BCUT2D eigenvalue weighted by Crippen LogP contribution is 2.27. The molecule has 1 aromatic heterocycles. The zero-order valence-corrected chi connectivity index (χ0v) is 15.9. The molecule has 6 nitrogen and oxygen atoms in total. The first-order valence-corrected chi connectivity index (χ1v) is 8.92. The summed E-state index contributed by atoms with van der Waals surface area (Å²) >= 11 is 0. The molecule has 3 aromatic rings. The second kappa shape index (κ2) is 8.58. The molecule has 142 valence electrons. The Labute approximate surface area is 158 Å². The lowest BCUT2D eigenvalue weighted by molar-refractivity contribution is -0.121. The first kappa shape index (κ1) is 18.8. The number of amides is 1. The number of ether oxygens (including phenoxy) is 2. The van der Waals surface area contributed by atoms with Gasteiger partial charge in [0.2, 0.25) is 5.91 Å². The van der Waals surface area contributed by atoms with Crippen LogP contribution in [0.1, 0.15) is 23.4 Å². The second-order valence-corrected chi connectivity index (χ2v) is 6.32. The summed E-state index contributed by atoms with van der Waals surface area (Å²) in [6.07, 6.45) is 1.84. The smallest absolute Gasteiger partial charge is 0.220 e. The minimum atomic E-state index is 0.0342. The number of nitrogens with one attached hydrogen (secondary N) is 1. The van der Waals surface area contributed by atoms with Crippen LogP contribution < -0.4 is 14.8 Å². The molecular weight excluding hydrogens is 344 g/mol. The van der Waals surface area contributed by atoms with E-state index in [9.17, 15) is 4.79 Å². The van der Waals surface area contributed by atoms with Crippen molar-refractivity contribution in [2.24, 2.45) is 0 Å². The third-order valence-corrected chi connectivity index (χ3v) is 4.38. The number of carbonyl (C=O) groups excluding carboxylic acids is 1. The Morgan fingerprint density at radius 3 is 2.56 bits per heavy atom. The molecule has 0 saturated carbocycles. The number of aromatic nitrogens is 1. The van der Waals surface area contributed by atoms with E-state index in [1.807, 2.05) is 43.3 Å². The van der Waals surface area contributed by atoms with E-state index in [0.29, 0.717) is 36.8 Å². The summed E-state index contributed by atoms with van der Waals surface area (Å²) in [6, 6.07) is 11.6. The van der Waals surface area contributed by atoms with Gasteiger partial charge in [-0.15, -0.1) is 0 Å². The monoisotopic (exact) mass is 368 g/mol. The Bertz CT molecular complexity index is 933. The van der Waals surface area contributed by atoms with E-state index in [-0.39, 0.29) is 5.91 Å². The molecule has 0 fully saturated rings. The number of nitrogens with zero attached hydrogens (tertiary/aromatic N) is 1. The standard InChI is InChI=1S/C21H24N2O4/c1-14-23-17-12-15(4-7-18(17)27-14)6-9-21(24)22-11-10-16-5-8-19(25-2)20(13-16)26-3/h4-5,7-8,12-13H,6,9-11H2,1-3H3,(H,22,24). The van der Waals surface area contributed by atoms with Crippen molar-refractivity contribution >= 4 is 17.0 Å². The molecule has 0 spiro atoms. The molecule has 0 unspecified atom stereocenters. The minimum Gasteiger partial charge on any atom is -0.493 e. The number of fused-ring (bicyclic) bond motifs is 1. The Kier molecular flexibility index (Phi) is 5.96. The Morgan fingerprint density at radius 2 is 1.78 bits per heavy atom. The zero-order chi connectivity index (χ0) is 19.2. The fourth-order valence-corrected chi connectivity index (χ4v) is 2.97. The molecule has 2 aromatic carbocycles. The highest BCUT2D eigenvalue weighted by Gasteiger charge is 2.07. The maximum atomic E-state index is 12.1. The first-order chi connectivity index (χ1) is 13.1. The summed E-state index contributed by atoms with van der Waals surface area (Å²) in [5, 5.41) is 2.96. The maximum Gasteiger partial charge on any atom is 0.220 e. The highest BCUT2D eigenvalue weighted by molar-refractivity contribution is 5.77. The number of hydrogen-bond acceptors (Lipinski definition) is 5. The van der Waals surface area contributed by atoms with E-state index >= 15 is 0 Å². The summed E-state index contributed by atoms with van der Waals surface area (Å²) < 4.78 is 16.0. The van der Waals surface area contributed by atoms with Crippen LogP contribution in [0, 0.1) is 6.92 Å². The van der Waals surface area contributed by atoms with Crippen molar-refractivity contribution < 1.29 is 18.7 Å². The minimum absolute atomic E-state index is 0.0342. The third-order valence-electron chi connectivity index (χ3n) is 4.38. The van der Waals surface area contributed by atoms with Crippen LogP contribution in [-0.4, -0.2) is 31.7 Å². The van der Waals surface area contributed by atoms with Crippen LogP contribution in [0.15, 0.2) is 40.8 Å². The molecule has 0 aliphatic heterocycles. The predicted molar refractivity (Wildman–Crippen MR) is 103 cm³/mol. The molecule has 6 heteroatoms. The van der Waals surface area contributed by atoms with E-state index in [2.05, 4.69) is 10.3 Å². The van der Waals surface area contributed by atoms with Gasteiger partial charge in [0.05, 0.1) is 14.2 Å². The van der Waals surface area contributed by atoms with Gasteiger partial charge >= 0.3 is 0 Å². The van der Waals surface area contributed by atoms with E-state index in [4.69, 9.17) is 13.9 Å². The number of rotatable bonds is 8. The average molecular weight is 368 g/mol. The molecule has 0 bridgehead atoms. The topological polar surface area (TPSA) is 73.6 Å². The summed E-state index contributed by atoms with van der Waals surface area (Å²) in [5.41, 5.74) is 3.76. The van der Waals surface area contributed by atoms with Gasteiger partial charge in [0.1, 0.15) is 5.52 Å². The predicted octanol–water partition coefficient (Wildman–Crippen LogP) is 3.44. The summed E-state index contributed by atoms with van der Waals surface area (Å²) in [7, 11) is 3.22. The van der Waals surface area contributed by atoms with Crippen molar-refractivity contribution in [2.75, 3.05) is 20.8 Å². The molecule has 0 saturated heterocycles. The molecular formula is C21H24N2O4. The third kappa shape index (κ3) is 4.78. The van der Waals surface area contributed by atoms with Gasteiger partial charge in [-0.3, -0.25) is 4.79 Å². The van der Waals surface area contributed by atoms with Gasteiger partial charge in [-0.2, -0.15) is 0 Å². The first-order valence-electron chi connectivity index (χ1n) is 8.92. The van der Waals surface area contributed by atoms with Gasteiger partial charge < -0.3 is 19.2 Å². The van der Waals surface area contributed by atoms with E-state index in [1.165, 1.54) is 0 Å². The van der Waals surface area contributed by atoms with E-state index < -0.39 is 0 Å². The van der Waals surface area contributed by atoms with Crippen molar-refractivity contribution in [3.05, 3.63) is 53.4 Å². The number of aryl methyl sites for hydroxylation is 2. The van der Waals surface area contributed by atoms with Gasteiger partial charge in [0, 0.05) is 19.9 Å². The fourth-order valence-electron chi connectivity index (χ4n) is 2.97. The number of carbonyl (C=O) groups is 1. The Hall–Kier alpha value is -3.02. The van der Waals surface area contributed by atoms with E-state index in [0.717, 1.165) is 28.6 Å². The van der Waals surface area contributed by atoms with Gasteiger partial charge in [-0.25, -0.2) is 4.98 Å². The Balaban J connectivity index is 1.46. The van der Waals surface area contributed by atoms with Gasteiger partial charge in [0.15, 0.2) is 23.0 Å². The lowest BCUT2D eigenvalue weighted by Crippen LogP contribution is -2.25. The van der Waals surface area contributed by atoms with Crippen LogP contribution in [0.5, 0.6) is 11.5 Å². The molecule has 27 heavy (non-hydrogen) atoms. The van der Waals surface area contributed by atoms with Crippen molar-refractivity contribution in [2.45, 2.75) is 26.2 Å². The van der Waals surface area contributed by atoms with Gasteiger partial charge in [-0.05, 0) is 48.2 Å². The van der Waals surface area contributed by atoms with E-state index in [1.54, 1.807) is 14.2 Å². The second-order valence-electron chi connectivity index (χ2n) is 6.32. The van der Waals surface area contributed by atoms with Gasteiger partial charge in [0.25, 0.3) is 0 Å². The van der Waals surface area contributed by atoms with Crippen molar-refractivity contribution in [3.8, 4) is 11.5 Å². The zero-order valence-electron chi connectivity index (χ0n) is 15.9. The number of oxazole rings is 1. The molecule has 0 radical (unpaired) electrons. The molecule has 0 atom stereocenters. The van der Waals surface area contributed by atoms with Crippen LogP contribution in [0.25, 0.3) is 11.1 Å². The van der Waals surface area contributed by atoms with Crippen LogP contribution in [0.2, 0.25) is 0 Å². The van der Waals surface area contributed by atoms with Crippen molar-refractivity contribution in [1.29, 1.82) is 0 Å². The summed E-state index contributed by atoms with van der Waals surface area (Å²) in [5.74, 6) is 2.08. The number of hydrogen-bond donors (Lipinski definition) is 1. The van der Waals surface area contributed by atoms with Crippen LogP contribution in [0.3, 0.4) is 0 Å². The normalized spacial score (nSPS) is 10.8. The number of benzene rings is 2. The molecule has 1 N–H and O–H groups in total. The molecule has 3 rings (SSSR count). The van der Waals surface area contributed by atoms with Crippen LogP contribution in [-0.2, 0) is 17.6 Å². The molecule has 0 aliphatic rings. The molecule has 0 aliphatic carbocycles. The number of methoxy groups -OCH3 is 2. The molecule has 1 heterocycles. The quantitative estimate of drug-likeness (QED) is 0.659. The summed E-state index contributed by atoms with van der Waals surface area (Å²) in [6.45, 7) is 2.40. The lowest BCUT2D eigenvalue weighted by atomic mass is 10.1.